The van der Waals surface area contributed by atoms with Crippen molar-refractivity contribution < 1.29 is 4.74 Å². The fraction of sp³-hybridized carbons (Fsp3) is 0.562. The molecule has 4 nitrogen and oxygen atoms in total. The summed E-state index contributed by atoms with van der Waals surface area (Å²) in [5.74, 6) is 1.77. The zero-order valence-corrected chi connectivity index (χ0v) is 12.4. The molecule has 20 heavy (non-hydrogen) atoms. The maximum atomic E-state index is 5.44. The number of likely N-dealkylation sites (tertiary alicyclic amines) is 1. The van der Waals surface area contributed by atoms with Crippen LogP contribution in [-0.2, 0) is 4.74 Å². The molecule has 0 aromatic heterocycles. The van der Waals surface area contributed by atoms with Crippen LogP contribution >= 0.6 is 0 Å². The number of hydrogen-bond donors (Lipinski definition) is 0. The molecule has 0 N–H and O–H groups in total. The molecule has 0 saturated carbocycles. The minimum atomic E-state index is 0.553. The van der Waals surface area contributed by atoms with E-state index in [2.05, 4.69) is 48.0 Å². The van der Waals surface area contributed by atoms with E-state index in [1.165, 1.54) is 17.9 Å². The average Bonchev–Trinajstić information content (AvgIpc) is 2.81. The highest BCUT2D eigenvalue weighted by atomic mass is 16.5. The molecule has 0 aliphatic carbocycles. The molecule has 4 heteroatoms. The van der Waals surface area contributed by atoms with Crippen LogP contribution in [0.1, 0.15) is 13.3 Å². The van der Waals surface area contributed by atoms with Gasteiger partial charge in [-0.15, -0.1) is 0 Å². The van der Waals surface area contributed by atoms with E-state index in [0.717, 1.165) is 38.5 Å². The van der Waals surface area contributed by atoms with Gasteiger partial charge in [0, 0.05) is 32.6 Å². The van der Waals surface area contributed by atoms with Crippen LogP contribution in [-0.4, -0.2) is 50.6 Å². The van der Waals surface area contributed by atoms with Gasteiger partial charge in [0.1, 0.15) is 5.84 Å². The van der Waals surface area contributed by atoms with Gasteiger partial charge in [0.05, 0.1) is 24.6 Å². The Morgan fingerprint density at radius 1 is 1.15 bits per heavy atom. The molecule has 1 aromatic carbocycles. The van der Waals surface area contributed by atoms with Gasteiger partial charge in [-0.2, -0.15) is 0 Å². The lowest BCUT2D eigenvalue weighted by Gasteiger charge is -2.30. The molecule has 2 heterocycles. The largest absolute Gasteiger partial charge is 0.378 e. The summed E-state index contributed by atoms with van der Waals surface area (Å²) in [7, 11) is 2.14. The van der Waals surface area contributed by atoms with Gasteiger partial charge in [-0.1, -0.05) is 19.1 Å². The first-order valence-corrected chi connectivity index (χ1v) is 7.47. The van der Waals surface area contributed by atoms with Gasteiger partial charge in [-0.05, 0) is 18.6 Å². The van der Waals surface area contributed by atoms with E-state index in [-0.39, 0.29) is 0 Å². The third-order valence-electron chi connectivity index (χ3n) is 4.20. The molecule has 0 radical (unpaired) electrons. The van der Waals surface area contributed by atoms with E-state index >= 15 is 0 Å². The van der Waals surface area contributed by atoms with Gasteiger partial charge in [0.2, 0.25) is 0 Å². The molecular weight excluding hydrogens is 250 g/mol. The number of amidine groups is 1. The summed E-state index contributed by atoms with van der Waals surface area (Å²) in [5.41, 5.74) is 2.32. The number of benzene rings is 1. The van der Waals surface area contributed by atoms with Crippen molar-refractivity contribution in [2.45, 2.75) is 13.3 Å². The molecule has 108 valence electrons. The van der Waals surface area contributed by atoms with E-state index in [0.29, 0.717) is 5.92 Å². The normalized spacial score (nSPS) is 25.5. The smallest absolute Gasteiger partial charge is 0.108 e. The number of nitrogens with zero attached hydrogens (tertiary/aromatic N) is 3. The number of rotatable bonds is 2. The monoisotopic (exact) mass is 273 g/mol. The van der Waals surface area contributed by atoms with E-state index < -0.39 is 0 Å². The van der Waals surface area contributed by atoms with Gasteiger partial charge in [-0.3, -0.25) is 0 Å². The molecule has 0 spiro atoms. The number of aliphatic imine (C=N–C) groups is 1. The molecule has 0 bridgehead atoms. The zero-order valence-electron chi connectivity index (χ0n) is 12.4. The molecule has 2 fully saturated rings. The zero-order chi connectivity index (χ0) is 13.9. The lowest BCUT2D eigenvalue weighted by molar-refractivity contribution is 0.123. The Balaban J connectivity index is 1.91. The second kappa shape index (κ2) is 5.83. The topological polar surface area (TPSA) is 28.1 Å². The van der Waals surface area contributed by atoms with Gasteiger partial charge in [0.15, 0.2) is 0 Å². The molecule has 1 unspecified atom stereocenters. The number of anilines is 1. The van der Waals surface area contributed by atoms with Crippen molar-refractivity contribution in [3.8, 4) is 0 Å². The van der Waals surface area contributed by atoms with Gasteiger partial charge >= 0.3 is 0 Å². The Hall–Kier alpha value is -1.55. The second-order valence-electron chi connectivity index (χ2n) is 5.67. The number of morpholine rings is 1. The fourth-order valence-electron chi connectivity index (χ4n) is 2.96. The third-order valence-corrected chi connectivity index (χ3v) is 4.20. The fourth-order valence-corrected chi connectivity index (χ4v) is 2.96. The summed E-state index contributed by atoms with van der Waals surface area (Å²) in [5, 5.41) is 0. The van der Waals surface area contributed by atoms with Crippen molar-refractivity contribution in [2.75, 3.05) is 44.8 Å². The van der Waals surface area contributed by atoms with Crippen LogP contribution < -0.4 is 4.90 Å². The van der Waals surface area contributed by atoms with Crippen molar-refractivity contribution in [1.29, 1.82) is 0 Å². The summed E-state index contributed by atoms with van der Waals surface area (Å²) < 4.78 is 5.44. The average molecular weight is 273 g/mol. The Morgan fingerprint density at radius 2 is 1.90 bits per heavy atom. The minimum absolute atomic E-state index is 0.553. The van der Waals surface area contributed by atoms with Crippen LogP contribution in [0.4, 0.5) is 11.4 Å². The summed E-state index contributed by atoms with van der Waals surface area (Å²) in [6.45, 7) is 6.89. The van der Waals surface area contributed by atoms with Crippen molar-refractivity contribution in [3.05, 3.63) is 24.3 Å². The van der Waals surface area contributed by atoms with Crippen molar-refractivity contribution in [1.82, 2.24) is 4.90 Å². The standard InChI is InChI=1S/C16H23N3O/c1-13-7-8-18(2)16(13)17-14-5-3-4-6-15(14)19-9-11-20-12-10-19/h3-6,13H,7-12H2,1-2H3. The summed E-state index contributed by atoms with van der Waals surface area (Å²) in [4.78, 5) is 9.61. The first kappa shape index (κ1) is 13.4. The first-order valence-electron chi connectivity index (χ1n) is 7.47. The summed E-state index contributed by atoms with van der Waals surface area (Å²) in [6.07, 6.45) is 1.20. The predicted octanol–water partition coefficient (Wildman–Crippen LogP) is 2.52. The molecule has 2 aliphatic rings. The van der Waals surface area contributed by atoms with Gasteiger partial charge < -0.3 is 14.5 Å². The number of hydrogen-bond acceptors (Lipinski definition) is 3. The van der Waals surface area contributed by atoms with Crippen LogP contribution in [0.2, 0.25) is 0 Å². The SMILES string of the molecule is CC1CCN(C)C1=Nc1ccccc1N1CCOCC1. The third kappa shape index (κ3) is 2.66. The maximum Gasteiger partial charge on any atom is 0.108 e. The lowest BCUT2D eigenvalue weighted by atomic mass is 10.1. The Labute approximate surface area is 121 Å². The Bertz CT molecular complexity index is 482. The van der Waals surface area contributed by atoms with E-state index in [9.17, 15) is 0 Å². The van der Waals surface area contributed by atoms with Crippen molar-refractivity contribution in [3.63, 3.8) is 0 Å². The minimum Gasteiger partial charge on any atom is -0.378 e. The van der Waals surface area contributed by atoms with Crippen LogP contribution in [0, 0.1) is 5.92 Å². The number of ether oxygens (including phenoxy) is 1. The lowest BCUT2D eigenvalue weighted by Crippen LogP contribution is -2.36. The van der Waals surface area contributed by atoms with Gasteiger partial charge in [0.25, 0.3) is 0 Å². The Morgan fingerprint density at radius 3 is 2.60 bits per heavy atom. The second-order valence-corrected chi connectivity index (χ2v) is 5.67. The molecule has 0 amide bonds. The van der Waals surface area contributed by atoms with Crippen LogP contribution in [0.25, 0.3) is 0 Å². The highest BCUT2D eigenvalue weighted by Crippen LogP contribution is 2.31. The first-order chi connectivity index (χ1) is 9.75. The van der Waals surface area contributed by atoms with E-state index in [1.54, 1.807) is 0 Å². The summed E-state index contributed by atoms with van der Waals surface area (Å²) >= 11 is 0. The maximum absolute atomic E-state index is 5.44. The predicted molar refractivity (Wildman–Crippen MR) is 83.0 cm³/mol. The van der Waals surface area contributed by atoms with Crippen LogP contribution in [0.3, 0.4) is 0 Å². The summed E-state index contributed by atoms with van der Waals surface area (Å²) in [6, 6.07) is 8.46. The van der Waals surface area contributed by atoms with E-state index in [1.807, 2.05) is 0 Å². The molecule has 1 aromatic rings. The molecule has 3 rings (SSSR count). The van der Waals surface area contributed by atoms with Gasteiger partial charge in [-0.25, -0.2) is 4.99 Å². The van der Waals surface area contributed by atoms with Crippen molar-refractivity contribution in [2.24, 2.45) is 10.9 Å². The molecular formula is C16H23N3O. The van der Waals surface area contributed by atoms with Crippen LogP contribution in [0.5, 0.6) is 0 Å². The van der Waals surface area contributed by atoms with Crippen molar-refractivity contribution >= 4 is 17.2 Å². The highest BCUT2D eigenvalue weighted by Gasteiger charge is 2.23. The number of para-hydroxylation sites is 2. The highest BCUT2D eigenvalue weighted by molar-refractivity contribution is 5.90. The quantitative estimate of drug-likeness (QED) is 0.829. The Kier molecular flexibility index (Phi) is 3.92. The molecule has 2 saturated heterocycles. The molecule has 2 aliphatic heterocycles. The molecule has 1 atom stereocenters. The van der Waals surface area contributed by atoms with E-state index in [4.69, 9.17) is 9.73 Å². The van der Waals surface area contributed by atoms with Crippen LogP contribution in [0.15, 0.2) is 29.3 Å².